The highest BCUT2D eigenvalue weighted by Crippen LogP contribution is 2.34. The highest BCUT2D eigenvalue weighted by Gasteiger charge is 2.31. The van der Waals surface area contributed by atoms with E-state index in [1.807, 2.05) is 4.90 Å². The molecular weight excluding hydrogens is 252 g/mol. The van der Waals surface area contributed by atoms with E-state index in [9.17, 15) is 4.79 Å². The lowest BCUT2D eigenvalue weighted by Gasteiger charge is -2.39. The van der Waals surface area contributed by atoms with Gasteiger partial charge in [0.15, 0.2) is 0 Å². The second-order valence-corrected chi connectivity index (χ2v) is 5.91. The first-order valence-electron chi connectivity index (χ1n) is 7.22. The third kappa shape index (κ3) is 2.89. The lowest BCUT2D eigenvalue weighted by Crippen LogP contribution is -2.42. The summed E-state index contributed by atoms with van der Waals surface area (Å²) in [4.78, 5) is 14.5. The van der Waals surface area contributed by atoms with Crippen molar-refractivity contribution in [3.05, 3.63) is 23.8 Å². The fourth-order valence-electron chi connectivity index (χ4n) is 2.62. The van der Waals surface area contributed by atoms with Gasteiger partial charge in [0.1, 0.15) is 5.75 Å². The van der Waals surface area contributed by atoms with Gasteiger partial charge in [-0.1, -0.05) is 20.3 Å². The number of hydrogen-bond donors (Lipinski definition) is 1. The third-order valence-electron chi connectivity index (χ3n) is 4.60. The maximum atomic E-state index is 12.6. The van der Waals surface area contributed by atoms with Crippen LogP contribution >= 0.6 is 0 Å². The van der Waals surface area contributed by atoms with E-state index in [2.05, 4.69) is 13.8 Å². The molecule has 0 aliphatic carbocycles. The Labute approximate surface area is 120 Å². The fraction of sp³-hybridized carbons (Fsp3) is 0.562. The highest BCUT2D eigenvalue weighted by atomic mass is 16.5. The molecule has 110 valence electrons. The van der Waals surface area contributed by atoms with Gasteiger partial charge in [0.05, 0.1) is 12.7 Å². The minimum absolute atomic E-state index is 0.0135. The number of anilines is 1. The molecule has 1 aliphatic rings. The predicted molar refractivity (Wildman–Crippen MR) is 80.9 cm³/mol. The van der Waals surface area contributed by atoms with Crippen LogP contribution in [0.15, 0.2) is 18.2 Å². The number of benzene rings is 1. The second-order valence-electron chi connectivity index (χ2n) is 5.91. The molecular formula is C16H24N2O2. The molecule has 2 N–H and O–H groups in total. The summed E-state index contributed by atoms with van der Waals surface area (Å²) in [6.45, 7) is 6.13. The summed E-state index contributed by atoms with van der Waals surface area (Å²) in [6, 6.07) is 5.23. The lowest BCUT2D eigenvalue weighted by molar-refractivity contribution is 0.0601. The van der Waals surface area contributed by atoms with Gasteiger partial charge in [-0.05, 0) is 36.5 Å². The van der Waals surface area contributed by atoms with Crippen molar-refractivity contribution in [1.82, 2.24) is 4.90 Å². The predicted octanol–water partition coefficient (Wildman–Crippen LogP) is 2.93. The molecule has 0 saturated carbocycles. The molecule has 4 nitrogen and oxygen atoms in total. The van der Waals surface area contributed by atoms with Crippen molar-refractivity contribution in [3.63, 3.8) is 0 Å². The van der Waals surface area contributed by atoms with E-state index in [0.29, 0.717) is 22.4 Å². The van der Waals surface area contributed by atoms with Crippen LogP contribution in [0.2, 0.25) is 0 Å². The Kier molecular flexibility index (Phi) is 4.21. The van der Waals surface area contributed by atoms with Crippen molar-refractivity contribution in [2.75, 3.05) is 25.9 Å². The molecule has 1 saturated heterocycles. The van der Waals surface area contributed by atoms with Gasteiger partial charge in [-0.3, -0.25) is 4.79 Å². The lowest BCUT2D eigenvalue weighted by atomic mass is 9.78. The number of amides is 1. The Bertz CT molecular complexity index is 491. The van der Waals surface area contributed by atoms with Crippen LogP contribution in [0.25, 0.3) is 0 Å². The van der Waals surface area contributed by atoms with Crippen LogP contribution in [-0.2, 0) is 0 Å². The first-order chi connectivity index (χ1) is 9.49. The van der Waals surface area contributed by atoms with E-state index in [1.165, 1.54) is 0 Å². The number of ether oxygens (including phenoxy) is 1. The smallest absolute Gasteiger partial charge is 0.256 e. The maximum Gasteiger partial charge on any atom is 0.256 e. The number of likely N-dealkylation sites (tertiary alicyclic amines) is 1. The van der Waals surface area contributed by atoms with E-state index in [4.69, 9.17) is 10.5 Å². The van der Waals surface area contributed by atoms with Crippen molar-refractivity contribution < 1.29 is 9.53 Å². The minimum Gasteiger partial charge on any atom is -0.497 e. The first-order valence-corrected chi connectivity index (χ1v) is 7.22. The molecule has 0 spiro atoms. The van der Waals surface area contributed by atoms with Gasteiger partial charge in [-0.25, -0.2) is 0 Å². The molecule has 0 bridgehead atoms. The van der Waals surface area contributed by atoms with Gasteiger partial charge < -0.3 is 15.4 Å². The molecule has 1 aromatic carbocycles. The van der Waals surface area contributed by atoms with Crippen LogP contribution in [0.1, 0.15) is 43.5 Å². The van der Waals surface area contributed by atoms with Crippen molar-refractivity contribution in [1.29, 1.82) is 0 Å². The summed E-state index contributed by atoms with van der Waals surface area (Å²) in [6.07, 6.45) is 3.27. The summed E-state index contributed by atoms with van der Waals surface area (Å²) >= 11 is 0. The number of nitrogen functional groups attached to an aromatic ring is 1. The summed E-state index contributed by atoms with van der Waals surface area (Å²) in [5.41, 5.74) is 7.36. The number of piperidine rings is 1. The fourth-order valence-corrected chi connectivity index (χ4v) is 2.62. The average Bonchev–Trinajstić information content (AvgIpc) is 2.48. The molecule has 1 fully saturated rings. The van der Waals surface area contributed by atoms with Crippen molar-refractivity contribution in [3.8, 4) is 5.75 Å². The van der Waals surface area contributed by atoms with Crippen LogP contribution in [0, 0.1) is 5.41 Å². The van der Waals surface area contributed by atoms with Crippen molar-refractivity contribution in [2.24, 2.45) is 5.41 Å². The maximum absolute atomic E-state index is 12.6. The van der Waals surface area contributed by atoms with E-state index in [1.54, 1.807) is 25.3 Å². The van der Waals surface area contributed by atoms with Crippen LogP contribution in [-0.4, -0.2) is 31.0 Å². The van der Waals surface area contributed by atoms with Gasteiger partial charge in [0.2, 0.25) is 0 Å². The summed E-state index contributed by atoms with van der Waals surface area (Å²) in [7, 11) is 1.59. The van der Waals surface area contributed by atoms with Crippen molar-refractivity contribution in [2.45, 2.75) is 33.1 Å². The zero-order valence-electron chi connectivity index (χ0n) is 12.6. The molecule has 1 aromatic rings. The SMILES string of the molecule is CCC1(C)CCN(C(=O)c2cc(OC)ccc2N)CC1. The van der Waals surface area contributed by atoms with Crippen LogP contribution in [0.5, 0.6) is 5.75 Å². The summed E-state index contributed by atoms with van der Waals surface area (Å²) < 4.78 is 5.17. The Morgan fingerprint density at radius 1 is 1.40 bits per heavy atom. The standard InChI is InChI=1S/C16H24N2O2/c1-4-16(2)7-9-18(10-8-16)15(19)13-11-12(20-3)5-6-14(13)17/h5-6,11H,4,7-10,17H2,1-3H3. The first kappa shape index (κ1) is 14.7. The number of nitrogens with two attached hydrogens (primary N) is 1. The summed E-state index contributed by atoms with van der Waals surface area (Å²) in [5, 5.41) is 0. The number of carbonyl (C=O) groups is 1. The highest BCUT2D eigenvalue weighted by molar-refractivity contribution is 5.99. The number of nitrogens with zero attached hydrogens (tertiary/aromatic N) is 1. The average molecular weight is 276 g/mol. The van der Waals surface area contributed by atoms with E-state index < -0.39 is 0 Å². The second kappa shape index (κ2) is 5.73. The topological polar surface area (TPSA) is 55.6 Å². The third-order valence-corrected chi connectivity index (χ3v) is 4.60. The number of methoxy groups -OCH3 is 1. The van der Waals surface area contributed by atoms with Crippen LogP contribution in [0.3, 0.4) is 0 Å². The Balaban J connectivity index is 2.13. The number of hydrogen-bond acceptors (Lipinski definition) is 3. The number of rotatable bonds is 3. The molecule has 20 heavy (non-hydrogen) atoms. The van der Waals surface area contributed by atoms with Gasteiger partial charge in [-0.2, -0.15) is 0 Å². The zero-order chi connectivity index (χ0) is 14.8. The zero-order valence-corrected chi connectivity index (χ0v) is 12.6. The van der Waals surface area contributed by atoms with E-state index in [-0.39, 0.29) is 5.91 Å². The Morgan fingerprint density at radius 3 is 2.60 bits per heavy atom. The van der Waals surface area contributed by atoms with Crippen LogP contribution < -0.4 is 10.5 Å². The Hall–Kier alpha value is -1.71. The molecule has 1 heterocycles. The number of carbonyl (C=O) groups excluding carboxylic acids is 1. The molecule has 0 radical (unpaired) electrons. The normalized spacial score (nSPS) is 17.9. The quantitative estimate of drug-likeness (QED) is 0.864. The van der Waals surface area contributed by atoms with Crippen molar-refractivity contribution >= 4 is 11.6 Å². The Morgan fingerprint density at radius 2 is 2.05 bits per heavy atom. The molecule has 1 amide bonds. The van der Waals surface area contributed by atoms with Crippen LogP contribution in [0.4, 0.5) is 5.69 Å². The minimum atomic E-state index is 0.0135. The van der Waals surface area contributed by atoms with Gasteiger partial charge in [-0.15, -0.1) is 0 Å². The van der Waals surface area contributed by atoms with Gasteiger partial charge in [0, 0.05) is 18.8 Å². The largest absolute Gasteiger partial charge is 0.497 e. The van der Waals surface area contributed by atoms with Gasteiger partial charge in [0.25, 0.3) is 5.91 Å². The van der Waals surface area contributed by atoms with E-state index >= 15 is 0 Å². The molecule has 1 aliphatic heterocycles. The summed E-state index contributed by atoms with van der Waals surface area (Å²) in [5.74, 6) is 0.678. The molecule has 4 heteroatoms. The molecule has 2 rings (SSSR count). The molecule has 0 aromatic heterocycles. The van der Waals surface area contributed by atoms with Gasteiger partial charge >= 0.3 is 0 Å². The monoisotopic (exact) mass is 276 g/mol. The van der Waals surface area contributed by atoms with E-state index in [0.717, 1.165) is 32.4 Å². The molecule has 0 unspecified atom stereocenters. The molecule has 0 atom stereocenters.